The van der Waals surface area contributed by atoms with Gasteiger partial charge < -0.3 is 15.3 Å². The van der Waals surface area contributed by atoms with Gasteiger partial charge in [0.15, 0.2) is 0 Å². The van der Waals surface area contributed by atoms with Gasteiger partial charge in [-0.2, -0.15) is 15.4 Å². The minimum Gasteiger partial charge on any atom is -0.508 e. The number of anilines is 3. The summed E-state index contributed by atoms with van der Waals surface area (Å²) in [5.41, 5.74) is 2.39. The van der Waals surface area contributed by atoms with Crippen LogP contribution in [0.2, 0.25) is 0 Å². The lowest BCUT2D eigenvalue weighted by Crippen LogP contribution is -2.39. The molecule has 1 aromatic heterocycles. The van der Waals surface area contributed by atoms with Gasteiger partial charge in [-0.15, -0.1) is 0 Å². The molecule has 1 heterocycles. The maximum absolute atomic E-state index is 12.1. The Bertz CT molecular complexity index is 1170. The molecular formula is C18H15N5O3. The van der Waals surface area contributed by atoms with Crippen LogP contribution in [0, 0.1) is 0 Å². The lowest BCUT2D eigenvalue weighted by Gasteiger charge is -2.23. The van der Waals surface area contributed by atoms with E-state index in [1.54, 1.807) is 48.3 Å². The number of hydrogen-bond acceptors (Lipinski definition) is 7. The summed E-state index contributed by atoms with van der Waals surface area (Å²) in [4.78, 5) is 25.8. The second-order valence-corrected chi connectivity index (χ2v) is 5.96. The summed E-state index contributed by atoms with van der Waals surface area (Å²) in [6, 6.07) is 12.1. The predicted octanol–water partition coefficient (Wildman–Crippen LogP) is 1.64. The van der Waals surface area contributed by atoms with Gasteiger partial charge >= 0.3 is 0 Å². The van der Waals surface area contributed by atoms with E-state index in [4.69, 9.17) is 0 Å². The molecule has 0 bridgehead atoms. The van der Waals surface area contributed by atoms with Gasteiger partial charge in [-0.25, -0.2) is 0 Å². The highest BCUT2D eigenvalue weighted by atomic mass is 16.3. The smallest absolute Gasteiger partial charge is 0.253 e. The Hall–Kier alpha value is -3.68. The molecule has 0 aliphatic rings. The molecule has 4 rings (SSSR count). The van der Waals surface area contributed by atoms with Crippen LogP contribution in [0.4, 0.5) is 17.1 Å². The minimum absolute atomic E-state index is 0.146. The lowest BCUT2D eigenvalue weighted by atomic mass is 10.1. The number of phenolic OH excluding ortho intramolecular Hbond substituents is 1. The van der Waals surface area contributed by atoms with E-state index in [0.717, 1.165) is 16.8 Å². The number of rotatable bonds is 5. The number of hydrogen-bond donors (Lipinski definition) is 3. The second-order valence-electron chi connectivity index (χ2n) is 5.96. The first kappa shape index (κ1) is 15.8. The van der Waals surface area contributed by atoms with Crippen LogP contribution in [0.3, 0.4) is 0 Å². The fourth-order valence-electron chi connectivity index (χ4n) is 2.89. The maximum atomic E-state index is 12.1. The van der Waals surface area contributed by atoms with Crippen LogP contribution in [0.15, 0.2) is 52.1 Å². The normalized spacial score (nSPS) is 11.1. The molecule has 0 fully saturated rings. The van der Waals surface area contributed by atoms with Gasteiger partial charge in [0.05, 0.1) is 0 Å². The van der Waals surface area contributed by atoms with Gasteiger partial charge in [0.1, 0.15) is 28.2 Å². The van der Waals surface area contributed by atoms with Crippen LogP contribution in [0.25, 0.3) is 11.0 Å². The number of nitrogens with zero attached hydrogens (tertiary/aromatic N) is 3. The van der Waals surface area contributed by atoms with Crippen LogP contribution in [0.1, 0.15) is 5.56 Å². The Morgan fingerprint density at radius 3 is 2.69 bits per heavy atom. The van der Waals surface area contributed by atoms with E-state index in [-0.39, 0.29) is 11.4 Å². The van der Waals surface area contributed by atoms with Crippen molar-refractivity contribution in [2.24, 2.45) is 0 Å². The third-order valence-electron chi connectivity index (χ3n) is 4.29. The number of phenols is 1. The molecule has 8 heteroatoms. The van der Waals surface area contributed by atoms with Gasteiger partial charge in [0.2, 0.25) is 0 Å². The molecule has 4 aromatic rings. The van der Waals surface area contributed by atoms with Crippen LogP contribution >= 0.6 is 0 Å². The van der Waals surface area contributed by atoms with E-state index in [1.165, 1.54) is 0 Å². The van der Waals surface area contributed by atoms with Crippen molar-refractivity contribution in [3.63, 3.8) is 0 Å². The van der Waals surface area contributed by atoms with Crippen LogP contribution in [-0.2, 0) is 6.54 Å². The van der Waals surface area contributed by atoms with E-state index in [2.05, 4.69) is 20.7 Å². The summed E-state index contributed by atoms with van der Waals surface area (Å²) in [6.45, 7) is 0.322. The highest BCUT2D eigenvalue weighted by molar-refractivity contribution is 5.84. The monoisotopic (exact) mass is 349 g/mol. The SMILES string of the molecule is CN(c1ccc2n[nH]nc2c1)c1c(NCc2cccc(O)c2)c(=O)c1=O. The van der Waals surface area contributed by atoms with Gasteiger partial charge in [-0.1, -0.05) is 12.1 Å². The molecule has 0 atom stereocenters. The molecule has 0 radical (unpaired) electrons. The molecule has 0 aliphatic carbocycles. The molecule has 0 amide bonds. The van der Waals surface area contributed by atoms with Crippen molar-refractivity contribution in [2.45, 2.75) is 6.54 Å². The quantitative estimate of drug-likeness (QED) is 0.470. The molecule has 0 unspecified atom stereocenters. The number of benzene rings is 2. The van der Waals surface area contributed by atoms with Crippen molar-refractivity contribution in [3.8, 4) is 5.75 Å². The molecular weight excluding hydrogens is 334 g/mol. The molecule has 0 spiro atoms. The molecule has 130 valence electrons. The van der Waals surface area contributed by atoms with Crippen molar-refractivity contribution < 1.29 is 5.11 Å². The second kappa shape index (κ2) is 5.99. The first-order valence-electron chi connectivity index (χ1n) is 7.94. The number of H-pyrrole nitrogens is 1. The van der Waals surface area contributed by atoms with Gasteiger partial charge in [0.25, 0.3) is 10.9 Å². The zero-order valence-electron chi connectivity index (χ0n) is 13.9. The summed E-state index contributed by atoms with van der Waals surface area (Å²) in [7, 11) is 1.72. The van der Waals surface area contributed by atoms with Crippen molar-refractivity contribution in [3.05, 3.63) is 68.5 Å². The van der Waals surface area contributed by atoms with E-state index >= 15 is 0 Å². The third kappa shape index (κ3) is 2.57. The van der Waals surface area contributed by atoms with Gasteiger partial charge in [-0.05, 0) is 35.9 Å². The van der Waals surface area contributed by atoms with E-state index in [0.29, 0.717) is 17.7 Å². The highest BCUT2D eigenvalue weighted by Crippen LogP contribution is 2.28. The predicted molar refractivity (Wildman–Crippen MR) is 98.7 cm³/mol. The topological polar surface area (TPSA) is 111 Å². The van der Waals surface area contributed by atoms with Gasteiger partial charge in [0, 0.05) is 19.3 Å². The van der Waals surface area contributed by atoms with Gasteiger partial charge in [-0.3, -0.25) is 9.59 Å². The molecule has 3 N–H and O–H groups in total. The largest absolute Gasteiger partial charge is 0.508 e. The van der Waals surface area contributed by atoms with E-state index in [1.807, 2.05) is 6.07 Å². The number of aromatic hydroxyl groups is 1. The standard InChI is InChI=1S/C18H15N5O3/c1-23(11-5-6-13-14(8-11)21-22-20-13)16-15(17(25)18(16)26)19-9-10-3-2-4-12(24)7-10/h2-8,19,24H,9H2,1H3,(H,20,21,22). The fraction of sp³-hybridized carbons (Fsp3) is 0.111. The molecule has 8 nitrogen and oxygen atoms in total. The van der Waals surface area contributed by atoms with Crippen LogP contribution in [-0.4, -0.2) is 27.6 Å². The average Bonchev–Trinajstić information content (AvgIpc) is 3.11. The molecule has 0 saturated heterocycles. The van der Waals surface area contributed by atoms with Crippen molar-refractivity contribution in [1.29, 1.82) is 0 Å². The lowest BCUT2D eigenvalue weighted by molar-refractivity contribution is 0.474. The van der Waals surface area contributed by atoms with Crippen LogP contribution < -0.4 is 21.1 Å². The first-order chi connectivity index (χ1) is 12.5. The Kier molecular flexibility index (Phi) is 3.65. The molecule has 0 saturated carbocycles. The molecule has 3 aromatic carbocycles. The van der Waals surface area contributed by atoms with E-state index < -0.39 is 10.9 Å². The summed E-state index contributed by atoms with van der Waals surface area (Å²) >= 11 is 0. The Balaban J connectivity index is 1.61. The summed E-state index contributed by atoms with van der Waals surface area (Å²) in [6.07, 6.45) is 0. The highest BCUT2D eigenvalue weighted by Gasteiger charge is 2.25. The summed E-state index contributed by atoms with van der Waals surface area (Å²) < 4.78 is 0. The third-order valence-corrected chi connectivity index (χ3v) is 4.29. The number of fused-ring (bicyclic) bond motifs is 1. The Morgan fingerprint density at radius 2 is 1.88 bits per heavy atom. The minimum atomic E-state index is -0.547. The summed E-state index contributed by atoms with van der Waals surface area (Å²) in [5.74, 6) is 0.146. The van der Waals surface area contributed by atoms with Crippen molar-refractivity contribution in [1.82, 2.24) is 15.4 Å². The van der Waals surface area contributed by atoms with Crippen molar-refractivity contribution >= 4 is 28.1 Å². The summed E-state index contributed by atoms with van der Waals surface area (Å²) in [5, 5.41) is 23.1. The first-order valence-corrected chi connectivity index (χ1v) is 7.94. The molecule has 26 heavy (non-hydrogen) atoms. The van der Waals surface area contributed by atoms with Crippen LogP contribution in [0.5, 0.6) is 5.75 Å². The van der Waals surface area contributed by atoms with E-state index in [9.17, 15) is 14.7 Å². The Labute approximate surface area is 147 Å². The number of nitrogens with one attached hydrogen (secondary N) is 2. The maximum Gasteiger partial charge on any atom is 0.253 e. The Morgan fingerprint density at radius 1 is 1.08 bits per heavy atom. The zero-order valence-corrected chi connectivity index (χ0v) is 13.9. The average molecular weight is 349 g/mol. The fourth-order valence-corrected chi connectivity index (χ4v) is 2.89. The number of aromatic nitrogens is 3. The molecule has 0 aliphatic heterocycles. The number of aromatic amines is 1. The van der Waals surface area contributed by atoms with Crippen molar-refractivity contribution in [2.75, 3.05) is 17.3 Å². The zero-order chi connectivity index (χ0) is 18.3.